The van der Waals surface area contributed by atoms with Gasteiger partial charge in [0, 0.05) is 6.54 Å². The second-order valence-corrected chi connectivity index (χ2v) is 5.27. The van der Waals surface area contributed by atoms with Crippen LogP contribution in [0.5, 0.6) is 5.75 Å². The first-order valence-corrected chi connectivity index (χ1v) is 7.72. The minimum absolute atomic E-state index is 0.538. The molecule has 0 aromatic heterocycles. The number of rotatable bonds is 8. The van der Waals surface area contributed by atoms with E-state index in [-0.39, 0.29) is 0 Å². The van der Waals surface area contributed by atoms with E-state index in [1.54, 1.807) is 7.11 Å². The van der Waals surface area contributed by atoms with Crippen LogP contribution < -0.4 is 10.1 Å². The van der Waals surface area contributed by atoms with E-state index >= 15 is 0 Å². The quantitative estimate of drug-likeness (QED) is 0.790. The normalized spacial score (nSPS) is 12.1. The highest BCUT2D eigenvalue weighted by molar-refractivity contribution is 5.33. The monoisotopic (exact) mass is 283 g/mol. The molecule has 2 rings (SSSR count). The minimum atomic E-state index is 0.538. The van der Waals surface area contributed by atoms with Crippen molar-refractivity contribution in [3.8, 4) is 5.75 Å². The first kappa shape index (κ1) is 15.6. The van der Waals surface area contributed by atoms with Crippen molar-refractivity contribution in [3.05, 3.63) is 65.7 Å². The molecule has 2 heteroatoms. The Bertz CT molecular complexity index is 524. The van der Waals surface area contributed by atoms with Crippen LogP contribution in [0.1, 0.15) is 30.4 Å². The van der Waals surface area contributed by atoms with Crippen molar-refractivity contribution >= 4 is 0 Å². The molecule has 0 saturated heterocycles. The molecule has 0 aliphatic carbocycles. The van der Waals surface area contributed by atoms with E-state index in [1.807, 2.05) is 12.1 Å². The zero-order chi connectivity index (χ0) is 14.9. The predicted molar refractivity (Wildman–Crippen MR) is 89.0 cm³/mol. The number of nitrogens with one attached hydrogen (secondary N) is 1. The summed E-state index contributed by atoms with van der Waals surface area (Å²) in [7, 11) is 1.74. The van der Waals surface area contributed by atoms with Crippen LogP contribution in [-0.2, 0) is 6.42 Å². The molecule has 1 N–H and O–H groups in total. The molecule has 2 nitrogen and oxygen atoms in total. The lowest BCUT2D eigenvalue weighted by molar-refractivity contribution is 0.408. The average Bonchev–Trinajstić information content (AvgIpc) is 2.56. The number of ether oxygens (including phenoxy) is 1. The van der Waals surface area contributed by atoms with Gasteiger partial charge >= 0.3 is 0 Å². The Hall–Kier alpha value is -1.80. The van der Waals surface area contributed by atoms with E-state index in [1.165, 1.54) is 11.1 Å². The Morgan fingerprint density at radius 1 is 1.00 bits per heavy atom. The third-order valence-electron chi connectivity index (χ3n) is 3.87. The van der Waals surface area contributed by atoms with E-state index in [0.29, 0.717) is 5.92 Å². The zero-order valence-electron chi connectivity index (χ0n) is 13.0. The molecule has 0 heterocycles. The number of aryl methyl sites for hydroxylation is 1. The van der Waals surface area contributed by atoms with Crippen molar-refractivity contribution in [1.29, 1.82) is 0 Å². The van der Waals surface area contributed by atoms with Gasteiger partial charge < -0.3 is 10.1 Å². The lowest BCUT2D eigenvalue weighted by Crippen LogP contribution is -2.21. The van der Waals surface area contributed by atoms with Gasteiger partial charge in [-0.1, -0.05) is 55.5 Å². The maximum absolute atomic E-state index is 5.45. The van der Waals surface area contributed by atoms with Crippen LogP contribution in [0.3, 0.4) is 0 Å². The number of hydrogen-bond donors (Lipinski definition) is 1. The molecule has 0 saturated carbocycles. The molecular weight excluding hydrogens is 258 g/mol. The molecule has 0 amide bonds. The standard InChI is InChI=1S/C19H25NO/c1-3-20-15-18(16-9-5-4-6-10-16)14-13-17-11-7-8-12-19(17)21-2/h4-12,18,20H,3,13-15H2,1-2H3. The molecule has 21 heavy (non-hydrogen) atoms. The van der Waals surface area contributed by atoms with Gasteiger partial charge in [-0.2, -0.15) is 0 Å². The van der Waals surface area contributed by atoms with Crippen LogP contribution in [0.15, 0.2) is 54.6 Å². The van der Waals surface area contributed by atoms with E-state index in [2.05, 4.69) is 54.7 Å². The lowest BCUT2D eigenvalue weighted by atomic mass is 9.92. The van der Waals surface area contributed by atoms with Gasteiger partial charge in [0.05, 0.1) is 7.11 Å². The summed E-state index contributed by atoms with van der Waals surface area (Å²) in [4.78, 5) is 0. The molecule has 2 aromatic rings. The summed E-state index contributed by atoms with van der Waals surface area (Å²) in [6.45, 7) is 4.19. The van der Waals surface area contributed by atoms with Crippen LogP contribution in [0.4, 0.5) is 0 Å². The number of benzene rings is 2. The van der Waals surface area contributed by atoms with Crippen molar-refractivity contribution in [2.24, 2.45) is 0 Å². The fourth-order valence-corrected chi connectivity index (χ4v) is 2.67. The van der Waals surface area contributed by atoms with Crippen LogP contribution in [-0.4, -0.2) is 20.2 Å². The van der Waals surface area contributed by atoms with Crippen molar-refractivity contribution in [2.45, 2.75) is 25.7 Å². The largest absolute Gasteiger partial charge is 0.496 e. The van der Waals surface area contributed by atoms with Gasteiger partial charge in [0.25, 0.3) is 0 Å². The van der Waals surface area contributed by atoms with Crippen LogP contribution >= 0.6 is 0 Å². The first-order chi connectivity index (χ1) is 10.3. The van der Waals surface area contributed by atoms with E-state index < -0.39 is 0 Å². The summed E-state index contributed by atoms with van der Waals surface area (Å²) < 4.78 is 5.45. The average molecular weight is 283 g/mol. The fourth-order valence-electron chi connectivity index (χ4n) is 2.67. The molecule has 0 aliphatic heterocycles. The molecule has 1 atom stereocenters. The van der Waals surface area contributed by atoms with Crippen molar-refractivity contribution < 1.29 is 4.74 Å². The second-order valence-electron chi connectivity index (χ2n) is 5.27. The summed E-state index contributed by atoms with van der Waals surface area (Å²) >= 11 is 0. The third kappa shape index (κ3) is 4.61. The van der Waals surface area contributed by atoms with Crippen molar-refractivity contribution in [3.63, 3.8) is 0 Å². The molecule has 0 fully saturated rings. The summed E-state index contributed by atoms with van der Waals surface area (Å²) in [5, 5.41) is 3.48. The number of methoxy groups -OCH3 is 1. The smallest absolute Gasteiger partial charge is 0.122 e. The first-order valence-electron chi connectivity index (χ1n) is 7.72. The number of hydrogen-bond acceptors (Lipinski definition) is 2. The molecule has 0 radical (unpaired) electrons. The number of likely N-dealkylation sites (N-methyl/N-ethyl adjacent to an activating group) is 1. The summed E-state index contributed by atoms with van der Waals surface area (Å²) in [6, 6.07) is 19.1. The van der Waals surface area contributed by atoms with E-state index in [9.17, 15) is 0 Å². The SMILES string of the molecule is CCNCC(CCc1ccccc1OC)c1ccccc1. The van der Waals surface area contributed by atoms with Gasteiger partial charge in [-0.3, -0.25) is 0 Å². The van der Waals surface area contributed by atoms with Crippen LogP contribution in [0.25, 0.3) is 0 Å². The zero-order valence-corrected chi connectivity index (χ0v) is 13.0. The highest BCUT2D eigenvalue weighted by Crippen LogP contribution is 2.25. The topological polar surface area (TPSA) is 21.3 Å². The van der Waals surface area contributed by atoms with Gasteiger partial charge in [-0.25, -0.2) is 0 Å². The molecule has 0 spiro atoms. The predicted octanol–water partition coefficient (Wildman–Crippen LogP) is 4.02. The highest BCUT2D eigenvalue weighted by atomic mass is 16.5. The van der Waals surface area contributed by atoms with E-state index in [0.717, 1.165) is 31.7 Å². The Kier molecular flexibility index (Phi) is 6.29. The van der Waals surface area contributed by atoms with E-state index in [4.69, 9.17) is 4.74 Å². The maximum Gasteiger partial charge on any atom is 0.122 e. The van der Waals surface area contributed by atoms with Crippen molar-refractivity contribution in [2.75, 3.05) is 20.2 Å². The highest BCUT2D eigenvalue weighted by Gasteiger charge is 2.12. The number of para-hydroxylation sites is 1. The Balaban J connectivity index is 2.05. The molecule has 0 bridgehead atoms. The van der Waals surface area contributed by atoms with Gasteiger partial charge in [0.1, 0.15) is 5.75 Å². The molecule has 2 aromatic carbocycles. The molecule has 112 valence electrons. The lowest BCUT2D eigenvalue weighted by Gasteiger charge is -2.18. The maximum atomic E-state index is 5.45. The summed E-state index contributed by atoms with van der Waals surface area (Å²) in [5.41, 5.74) is 2.70. The summed E-state index contributed by atoms with van der Waals surface area (Å²) in [5.74, 6) is 1.53. The van der Waals surface area contributed by atoms with Crippen LogP contribution in [0.2, 0.25) is 0 Å². The Labute approximate surface area is 128 Å². The third-order valence-corrected chi connectivity index (χ3v) is 3.87. The molecule has 1 unspecified atom stereocenters. The Morgan fingerprint density at radius 3 is 2.43 bits per heavy atom. The van der Waals surface area contributed by atoms with Gasteiger partial charge in [-0.15, -0.1) is 0 Å². The molecule has 0 aliphatic rings. The van der Waals surface area contributed by atoms with Gasteiger partial charge in [0.15, 0.2) is 0 Å². The van der Waals surface area contributed by atoms with Crippen LogP contribution in [0, 0.1) is 0 Å². The minimum Gasteiger partial charge on any atom is -0.496 e. The van der Waals surface area contributed by atoms with Gasteiger partial charge in [-0.05, 0) is 42.5 Å². The summed E-state index contributed by atoms with van der Waals surface area (Å²) in [6.07, 6.45) is 2.16. The Morgan fingerprint density at radius 2 is 1.71 bits per heavy atom. The van der Waals surface area contributed by atoms with Gasteiger partial charge in [0.2, 0.25) is 0 Å². The second kappa shape index (κ2) is 8.48. The molecular formula is C19H25NO. The fraction of sp³-hybridized carbons (Fsp3) is 0.368. The van der Waals surface area contributed by atoms with Crippen molar-refractivity contribution in [1.82, 2.24) is 5.32 Å².